The van der Waals surface area contributed by atoms with Gasteiger partial charge in [-0.1, -0.05) is 20.3 Å². The summed E-state index contributed by atoms with van der Waals surface area (Å²) in [7, 11) is 0. The lowest BCUT2D eigenvalue weighted by Crippen LogP contribution is -2.04. The van der Waals surface area contributed by atoms with Crippen LogP contribution in [0.3, 0.4) is 0 Å². The number of hydrogen-bond donors (Lipinski definition) is 0. The fraction of sp³-hybridized carbons (Fsp3) is 0.667. The van der Waals surface area contributed by atoms with Crippen LogP contribution < -0.4 is 0 Å². The van der Waals surface area contributed by atoms with E-state index in [0.717, 1.165) is 6.42 Å². The van der Waals surface area contributed by atoms with Gasteiger partial charge in [-0.3, -0.25) is 0 Å². The van der Waals surface area contributed by atoms with Gasteiger partial charge in [0.25, 0.3) is 0 Å². The van der Waals surface area contributed by atoms with Crippen molar-refractivity contribution in [1.82, 2.24) is 4.57 Å². The largest absolute Gasteiger partial charge is 0.349 e. The standard InChI is InChI=1S/C12H21N/c1-5-7-8-13-11(4)10(3)9-12(13)6-2/h9H,5-8H2,1-4H3. The molecule has 1 rings (SSSR count). The van der Waals surface area contributed by atoms with E-state index in [1.807, 2.05) is 0 Å². The number of hydrogen-bond acceptors (Lipinski definition) is 0. The van der Waals surface area contributed by atoms with Gasteiger partial charge in [0.1, 0.15) is 0 Å². The molecule has 0 radical (unpaired) electrons. The Morgan fingerprint density at radius 2 is 1.92 bits per heavy atom. The Morgan fingerprint density at radius 1 is 1.23 bits per heavy atom. The van der Waals surface area contributed by atoms with Crippen LogP contribution in [0.4, 0.5) is 0 Å². The van der Waals surface area contributed by atoms with Gasteiger partial charge in [0, 0.05) is 17.9 Å². The Hall–Kier alpha value is -0.720. The van der Waals surface area contributed by atoms with Crippen LogP contribution in [0.15, 0.2) is 6.07 Å². The van der Waals surface area contributed by atoms with Crippen molar-refractivity contribution in [2.24, 2.45) is 0 Å². The van der Waals surface area contributed by atoms with E-state index >= 15 is 0 Å². The number of aryl methyl sites for hydroxylation is 2. The van der Waals surface area contributed by atoms with Gasteiger partial charge in [-0.25, -0.2) is 0 Å². The van der Waals surface area contributed by atoms with Crippen LogP contribution >= 0.6 is 0 Å². The van der Waals surface area contributed by atoms with E-state index in [0.29, 0.717) is 0 Å². The fourth-order valence-electron chi connectivity index (χ4n) is 1.78. The smallest absolute Gasteiger partial charge is 0.0224 e. The first-order valence-electron chi connectivity index (χ1n) is 5.36. The van der Waals surface area contributed by atoms with Crippen LogP contribution in [0.5, 0.6) is 0 Å². The molecule has 0 saturated carbocycles. The van der Waals surface area contributed by atoms with Gasteiger partial charge in [0.05, 0.1) is 0 Å². The predicted molar refractivity (Wildman–Crippen MR) is 58.2 cm³/mol. The van der Waals surface area contributed by atoms with Gasteiger partial charge in [-0.2, -0.15) is 0 Å². The molecule has 0 unspecified atom stereocenters. The van der Waals surface area contributed by atoms with Gasteiger partial charge in [-0.05, 0) is 38.3 Å². The summed E-state index contributed by atoms with van der Waals surface area (Å²) < 4.78 is 2.47. The second-order valence-corrected chi connectivity index (χ2v) is 3.76. The molecule has 0 aliphatic carbocycles. The van der Waals surface area contributed by atoms with E-state index in [1.54, 1.807) is 0 Å². The van der Waals surface area contributed by atoms with Crippen molar-refractivity contribution in [1.29, 1.82) is 0 Å². The molecule has 0 aliphatic heterocycles. The second-order valence-electron chi connectivity index (χ2n) is 3.76. The lowest BCUT2D eigenvalue weighted by Gasteiger charge is -2.09. The summed E-state index contributed by atoms with van der Waals surface area (Å²) in [6.45, 7) is 10.1. The maximum absolute atomic E-state index is 2.47. The van der Waals surface area contributed by atoms with Crippen molar-refractivity contribution >= 4 is 0 Å². The first kappa shape index (κ1) is 10.4. The van der Waals surface area contributed by atoms with Crippen molar-refractivity contribution in [2.75, 3.05) is 0 Å². The number of unbranched alkanes of at least 4 members (excludes halogenated alkanes) is 1. The van der Waals surface area contributed by atoms with Crippen LogP contribution in [-0.2, 0) is 13.0 Å². The minimum atomic E-state index is 1.15. The average molecular weight is 179 g/mol. The molecule has 13 heavy (non-hydrogen) atoms. The number of nitrogens with zero attached hydrogens (tertiary/aromatic N) is 1. The summed E-state index contributed by atoms with van der Waals surface area (Å²) in [6, 6.07) is 2.32. The van der Waals surface area contributed by atoms with Gasteiger partial charge < -0.3 is 4.57 Å². The SMILES string of the molecule is CCCCn1c(CC)cc(C)c1C. The van der Waals surface area contributed by atoms with Crippen LogP contribution in [0.1, 0.15) is 43.6 Å². The van der Waals surface area contributed by atoms with Gasteiger partial charge in [0.2, 0.25) is 0 Å². The summed E-state index contributed by atoms with van der Waals surface area (Å²) in [4.78, 5) is 0. The molecule has 1 heterocycles. The zero-order chi connectivity index (χ0) is 9.84. The Labute approximate surface area is 81.8 Å². The van der Waals surface area contributed by atoms with Crippen LogP contribution in [-0.4, -0.2) is 4.57 Å². The number of aromatic nitrogens is 1. The molecule has 0 aromatic carbocycles. The van der Waals surface area contributed by atoms with E-state index in [2.05, 4.69) is 38.3 Å². The molecular formula is C12H21N. The molecule has 1 aromatic heterocycles. The van der Waals surface area contributed by atoms with Gasteiger partial charge in [-0.15, -0.1) is 0 Å². The van der Waals surface area contributed by atoms with Gasteiger partial charge >= 0.3 is 0 Å². The third kappa shape index (κ3) is 2.15. The Balaban J connectivity index is 2.88. The zero-order valence-electron chi connectivity index (χ0n) is 9.35. The summed E-state index contributed by atoms with van der Waals surface area (Å²) in [5, 5.41) is 0. The topological polar surface area (TPSA) is 4.93 Å². The number of rotatable bonds is 4. The van der Waals surface area contributed by atoms with Crippen molar-refractivity contribution < 1.29 is 0 Å². The van der Waals surface area contributed by atoms with E-state index in [1.165, 1.54) is 36.3 Å². The minimum absolute atomic E-state index is 1.15. The predicted octanol–water partition coefficient (Wildman–Crippen LogP) is 3.47. The van der Waals surface area contributed by atoms with Crippen LogP contribution in [0.2, 0.25) is 0 Å². The monoisotopic (exact) mass is 179 g/mol. The quantitative estimate of drug-likeness (QED) is 0.667. The third-order valence-electron chi connectivity index (χ3n) is 2.80. The van der Waals surface area contributed by atoms with Gasteiger partial charge in [0.15, 0.2) is 0 Å². The van der Waals surface area contributed by atoms with E-state index in [-0.39, 0.29) is 0 Å². The molecule has 1 heteroatoms. The van der Waals surface area contributed by atoms with Crippen LogP contribution in [0, 0.1) is 13.8 Å². The molecule has 0 atom stereocenters. The van der Waals surface area contributed by atoms with E-state index < -0.39 is 0 Å². The molecule has 0 bridgehead atoms. The molecular weight excluding hydrogens is 158 g/mol. The molecule has 0 N–H and O–H groups in total. The Kier molecular flexibility index (Phi) is 3.58. The van der Waals surface area contributed by atoms with E-state index in [9.17, 15) is 0 Å². The Morgan fingerprint density at radius 3 is 2.46 bits per heavy atom. The molecule has 1 nitrogen and oxygen atoms in total. The lowest BCUT2D eigenvalue weighted by molar-refractivity contribution is 0.600. The maximum Gasteiger partial charge on any atom is 0.0224 e. The molecule has 0 aliphatic rings. The normalized spacial score (nSPS) is 10.8. The second kappa shape index (κ2) is 4.50. The third-order valence-corrected chi connectivity index (χ3v) is 2.80. The maximum atomic E-state index is 2.47. The van der Waals surface area contributed by atoms with Crippen molar-refractivity contribution in [2.45, 2.75) is 53.5 Å². The first-order valence-corrected chi connectivity index (χ1v) is 5.36. The first-order chi connectivity index (χ1) is 6.20. The highest BCUT2D eigenvalue weighted by Crippen LogP contribution is 2.15. The van der Waals surface area contributed by atoms with Crippen LogP contribution in [0.25, 0.3) is 0 Å². The highest BCUT2D eigenvalue weighted by molar-refractivity contribution is 5.25. The highest BCUT2D eigenvalue weighted by Gasteiger charge is 2.05. The summed E-state index contributed by atoms with van der Waals surface area (Å²) in [5.74, 6) is 0. The molecule has 0 amide bonds. The zero-order valence-corrected chi connectivity index (χ0v) is 9.35. The average Bonchev–Trinajstić information content (AvgIpc) is 2.40. The molecule has 0 saturated heterocycles. The fourth-order valence-corrected chi connectivity index (χ4v) is 1.78. The van der Waals surface area contributed by atoms with Crippen molar-refractivity contribution in [3.8, 4) is 0 Å². The minimum Gasteiger partial charge on any atom is -0.349 e. The molecule has 0 fully saturated rings. The highest BCUT2D eigenvalue weighted by atomic mass is 15.0. The lowest BCUT2D eigenvalue weighted by atomic mass is 10.2. The summed E-state index contributed by atoms with van der Waals surface area (Å²) in [6.07, 6.45) is 3.72. The van der Waals surface area contributed by atoms with Crippen molar-refractivity contribution in [3.05, 3.63) is 23.0 Å². The summed E-state index contributed by atoms with van der Waals surface area (Å²) in [5.41, 5.74) is 4.38. The Bertz CT molecular complexity index is 271. The van der Waals surface area contributed by atoms with E-state index in [4.69, 9.17) is 0 Å². The van der Waals surface area contributed by atoms with Crippen molar-refractivity contribution in [3.63, 3.8) is 0 Å². The molecule has 0 spiro atoms. The summed E-state index contributed by atoms with van der Waals surface area (Å²) >= 11 is 0. The molecule has 1 aromatic rings. The molecule has 74 valence electrons.